The third-order valence-electron chi connectivity index (χ3n) is 5.73. The Kier molecular flexibility index (Phi) is 10.7. The lowest BCUT2D eigenvalue weighted by Gasteiger charge is -2.30. The fraction of sp³-hybridized carbons (Fsp3) is 0.536. The minimum absolute atomic E-state index is 0.0130. The van der Waals surface area contributed by atoms with E-state index in [2.05, 4.69) is 31.3 Å². The van der Waals surface area contributed by atoms with Crippen LogP contribution in [0.3, 0.4) is 0 Å². The van der Waals surface area contributed by atoms with Crippen LogP contribution in [0, 0.1) is 5.92 Å². The molecule has 1 N–H and O–H groups in total. The van der Waals surface area contributed by atoms with E-state index in [1.807, 2.05) is 69.9 Å². The topological polar surface area (TPSA) is 60.0 Å². The Hall–Kier alpha value is -2.73. The zero-order chi connectivity index (χ0) is 25.3. The molecule has 0 heterocycles. The maximum Gasteiger partial charge on any atom is 0.260 e. The smallest absolute Gasteiger partial charge is 0.260 e. The molecule has 0 saturated carbocycles. The van der Waals surface area contributed by atoms with E-state index in [-0.39, 0.29) is 30.6 Å². The molecule has 0 fully saturated rings. The number of amides is 1. The summed E-state index contributed by atoms with van der Waals surface area (Å²) in [6.45, 7) is 15.6. The summed E-state index contributed by atoms with van der Waals surface area (Å²) in [5.41, 5.74) is 2.31. The predicted octanol–water partition coefficient (Wildman–Crippen LogP) is 5.61. The highest BCUT2D eigenvalue weighted by atomic mass is 16.5. The maximum atomic E-state index is 12.7. The highest BCUT2D eigenvalue weighted by Gasteiger charge is 2.21. The normalized spacial score (nSPS) is 12.2. The van der Waals surface area contributed by atoms with Gasteiger partial charge in [-0.15, -0.1) is 0 Å². The molecule has 0 bridgehead atoms. The minimum Gasteiger partial charge on any atom is -0.497 e. The molecule has 0 radical (unpaired) electrons. The fourth-order valence-corrected chi connectivity index (χ4v) is 4.21. The molecule has 0 aromatic heterocycles. The quantitative estimate of drug-likeness (QED) is 0.413. The van der Waals surface area contributed by atoms with Gasteiger partial charge in [-0.3, -0.25) is 4.79 Å². The second-order valence-corrected chi connectivity index (χ2v) is 9.37. The van der Waals surface area contributed by atoms with Gasteiger partial charge in [0.2, 0.25) is 0 Å². The number of hydrogen-bond acceptors (Lipinski definition) is 5. The van der Waals surface area contributed by atoms with E-state index < -0.39 is 0 Å². The molecule has 6 heteroatoms. The maximum absolute atomic E-state index is 12.7. The molecular weight excluding hydrogens is 428 g/mol. The Morgan fingerprint density at radius 3 is 2.09 bits per heavy atom. The van der Waals surface area contributed by atoms with Crippen LogP contribution in [0.2, 0.25) is 0 Å². The third-order valence-corrected chi connectivity index (χ3v) is 5.73. The molecule has 0 saturated heterocycles. The molecular formula is C28H42N2O4. The van der Waals surface area contributed by atoms with Crippen molar-refractivity contribution >= 4 is 5.91 Å². The van der Waals surface area contributed by atoms with E-state index >= 15 is 0 Å². The van der Waals surface area contributed by atoms with E-state index in [4.69, 9.17) is 14.2 Å². The molecule has 2 aromatic carbocycles. The summed E-state index contributed by atoms with van der Waals surface area (Å²) in [6.07, 6.45) is 0. The Morgan fingerprint density at radius 1 is 0.912 bits per heavy atom. The van der Waals surface area contributed by atoms with Crippen LogP contribution in [0.15, 0.2) is 42.5 Å². The Balaban J connectivity index is 2.10. The van der Waals surface area contributed by atoms with E-state index in [1.54, 1.807) is 7.11 Å². The summed E-state index contributed by atoms with van der Waals surface area (Å²) in [6, 6.07) is 14.5. The van der Waals surface area contributed by atoms with Crippen LogP contribution in [0.25, 0.3) is 0 Å². The second-order valence-electron chi connectivity index (χ2n) is 9.37. The number of carbonyl (C=O) groups excluding carboxylic acids is 1. The van der Waals surface area contributed by atoms with Crippen LogP contribution < -0.4 is 19.5 Å². The van der Waals surface area contributed by atoms with E-state index in [0.717, 1.165) is 11.3 Å². The van der Waals surface area contributed by atoms with Crippen LogP contribution >= 0.6 is 0 Å². The zero-order valence-electron chi connectivity index (χ0n) is 22.1. The molecule has 0 spiro atoms. The van der Waals surface area contributed by atoms with Crippen LogP contribution in [0.1, 0.15) is 65.6 Å². The van der Waals surface area contributed by atoms with Crippen molar-refractivity contribution in [1.82, 2.24) is 10.2 Å². The summed E-state index contributed by atoms with van der Waals surface area (Å²) in [5, 5.41) is 3.67. The average Bonchev–Trinajstić information content (AvgIpc) is 2.78. The monoisotopic (exact) mass is 470 g/mol. The van der Waals surface area contributed by atoms with Gasteiger partial charge in [0.1, 0.15) is 5.75 Å². The average molecular weight is 471 g/mol. The van der Waals surface area contributed by atoms with Gasteiger partial charge in [-0.25, -0.2) is 0 Å². The number of ether oxygens (including phenoxy) is 3. The van der Waals surface area contributed by atoms with Crippen LogP contribution in [-0.4, -0.2) is 43.2 Å². The van der Waals surface area contributed by atoms with Gasteiger partial charge in [0, 0.05) is 24.7 Å². The first-order chi connectivity index (χ1) is 16.2. The first kappa shape index (κ1) is 27.5. The van der Waals surface area contributed by atoms with Crippen LogP contribution in [0.5, 0.6) is 17.2 Å². The predicted molar refractivity (Wildman–Crippen MR) is 138 cm³/mol. The van der Waals surface area contributed by atoms with Gasteiger partial charge in [-0.05, 0) is 75.9 Å². The number of rotatable bonds is 13. The van der Waals surface area contributed by atoms with Gasteiger partial charge in [-0.2, -0.15) is 0 Å². The van der Waals surface area contributed by atoms with Crippen molar-refractivity contribution in [2.24, 2.45) is 5.92 Å². The highest BCUT2D eigenvalue weighted by molar-refractivity contribution is 5.78. The molecule has 6 nitrogen and oxygen atoms in total. The first-order valence-electron chi connectivity index (χ1n) is 12.2. The van der Waals surface area contributed by atoms with Gasteiger partial charge < -0.3 is 24.4 Å². The van der Waals surface area contributed by atoms with Gasteiger partial charge in [0.15, 0.2) is 18.1 Å². The highest BCUT2D eigenvalue weighted by Crippen LogP contribution is 2.30. The number of carbonyl (C=O) groups is 1. The molecule has 2 aromatic rings. The number of benzene rings is 2. The molecule has 0 aliphatic heterocycles. The van der Waals surface area contributed by atoms with Crippen molar-refractivity contribution in [2.75, 3.05) is 20.3 Å². The Bertz CT molecular complexity index is 886. The molecule has 188 valence electrons. The van der Waals surface area contributed by atoms with Gasteiger partial charge in [0.05, 0.1) is 13.7 Å². The Labute approximate surface area is 205 Å². The molecule has 0 aliphatic rings. The molecule has 0 aliphatic carbocycles. The number of nitrogens with zero attached hydrogens (tertiary/aromatic N) is 1. The summed E-state index contributed by atoms with van der Waals surface area (Å²) >= 11 is 0. The second kappa shape index (κ2) is 13.2. The molecule has 2 rings (SSSR count). The van der Waals surface area contributed by atoms with Crippen LogP contribution in [0.4, 0.5) is 0 Å². The van der Waals surface area contributed by atoms with E-state index in [0.29, 0.717) is 30.6 Å². The zero-order valence-corrected chi connectivity index (χ0v) is 22.1. The van der Waals surface area contributed by atoms with Crippen molar-refractivity contribution < 1.29 is 19.0 Å². The van der Waals surface area contributed by atoms with Crippen molar-refractivity contribution in [3.8, 4) is 17.2 Å². The van der Waals surface area contributed by atoms with Gasteiger partial charge in [0.25, 0.3) is 5.91 Å². The van der Waals surface area contributed by atoms with Crippen molar-refractivity contribution in [2.45, 2.75) is 73.1 Å². The molecule has 1 amide bonds. The number of hydrogen-bond donors (Lipinski definition) is 1. The lowest BCUT2D eigenvalue weighted by atomic mass is 9.95. The fourth-order valence-electron chi connectivity index (χ4n) is 4.21. The molecule has 34 heavy (non-hydrogen) atoms. The van der Waals surface area contributed by atoms with Crippen LogP contribution in [-0.2, 0) is 11.3 Å². The van der Waals surface area contributed by atoms with Gasteiger partial charge >= 0.3 is 0 Å². The van der Waals surface area contributed by atoms with E-state index in [9.17, 15) is 4.79 Å². The molecule has 1 atom stereocenters. The van der Waals surface area contributed by atoms with Crippen molar-refractivity contribution in [3.05, 3.63) is 53.6 Å². The lowest BCUT2D eigenvalue weighted by molar-refractivity contribution is -0.137. The number of methoxy groups -OCH3 is 1. The lowest BCUT2D eigenvalue weighted by Crippen LogP contribution is -2.44. The van der Waals surface area contributed by atoms with Crippen molar-refractivity contribution in [3.63, 3.8) is 0 Å². The summed E-state index contributed by atoms with van der Waals surface area (Å²) in [5.74, 6) is 2.48. The summed E-state index contributed by atoms with van der Waals surface area (Å²) in [7, 11) is 1.68. The summed E-state index contributed by atoms with van der Waals surface area (Å²) in [4.78, 5) is 14.5. The van der Waals surface area contributed by atoms with Crippen molar-refractivity contribution in [1.29, 1.82) is 0 Å². The third kappa shape index (κ3) is 7.66. The Morgan fingerprint density at radius 2 is 1.56 bits per heavy atom. The summed E-state index contributed by atoms with van der Waals surface area (Å²) < 4.78 is 17.0. The number of nitrogens with one attached hydrogen (secondary N) is 1. The largest absolute Gasteiger partial charge is 0.497 e. The SMILES string of the molecule is CCOc1cc(CNC(c2ccc(OC)cc2)C(C)C)ccc1OCC(=O)N(C(C)C)C(C)C. The first-order valence-corrected chi connectivity index (χ1v) is 12.2. The standard InChI is InChI=1S/C28H42N2O4/c1-9-33-26-16-22(10-15-25(26)34-18-27(31)30(20(4)5)21(6)7)17-29-28(19(2)3)23-11-13-24(32-8)14-12-23/h10-16,19-21,28-29H,9,17-18H2,1-8H3. The minimum atomic E-state index is -0.0301. The van der Waals surface area contributed by atoms with E-state index in [1.165, 1.54) is 5.56 Å². The van der Waals surface area contributed by atoms with Gasteiger partial charge in [-0.1, -0.05) is 32.0 Å². The molecule has 1 unspecified atom stereocenters.